The van der Waals surface area contributed by atoms with Gasteiger partial charge in [-0.3, -0.25) is 0 Å². The molecule has 0 N–H and O–H groups in total. The predicted octanol–water partition coefficient (Wildman–Crippen LogP) is 5.15. The quantitative estimate of drug-likeness (QED) is 0.546. The summed E-state index contributed by atoms with van der Waals surface area (Å²) in [6.45, 7) is 1.45. The summed E-state index contributed by atoms with van der Waals surface area (Å²) < 4.78 is 31.1. The Morgan fingerprint density at radius 2 is 1.04 bits per heavy atom. The first-order chi connectivity index (χ1) is 11.2. The van der Waals surface area contributed by atoms with Crippen molar-refractivity contribution in [3.05, 3.63) is 71.3 Å². The van der Waals surface area contributed by atoms with Gasteiger partial charge in [0, 0.05) is 23.0 Å². The molecule has 0 aliphatic heterocycles. The van der Waals surface area contributed by atoms with Crippen molar-refractivity contribution in [2.75, 3.05) is 24.7 Å². The summed E-state index contributed by atoms with van der Waals surface area (Å²) >= 11 is 3.57. The first kappa shape index (κ1) is 18.3. The van der Waals surface area contributed by atoms with E-state index in [4.69, 9.17) is 4.74 Å². The van der Waals surface area contributed by atoms with Crippen LogP contribution in [0.2, 0.25) is 0 Å². The number of halogens is 2. The van der Waals surface area contributed by atoms with Crippen molar-refractivity contribution in [1.29, 1.82) is 0 Å². The van der Waals surface area contributed by atoms with Gasteiger partial charge < -0.3 is 4.74 Å². The number of hydrogen-bond donors (Lipinski definition) is 0. The molecule has 0 aliphatic rings. The van der Waals surface area contributed by atoms with E-state index < -0.39 is 0 Å². The number of hydrogen-bond acceptors (Lipinski definition) is 3. The molecule has 124 valence electrons. The van der Waals surface area contributed by atoms with Crippen molar-refractivity contribution in [2.45, 2.75) is 11.5 Å². The van der Waals surface area contributed by atoms with Gasteiger partial charge in [-0.1, -0.05) is 24.3 Å². The highest BCUT2D eigenvalue weighted by Gasteiger charge is 1.97. The third kappa shape index (κ3) is 7.86. The molecule has 2 rings (SSSR count). The van der Waals surface area contributed by atoms with Crippen molar-refractivity contribution >= 4 is 23.5 Å². The number of rotatable bonds is 10. The molecule has 0 saturated carbocycles. The average Bonchev–Trinajstić information content (AvgIpc) is 2.56. The Morgan fingerprint density at radius 3 is 1.43 bits per heavy atom. The van der Waals surface area contributed by atoms with Crippen LogP contribution in [0, 0.1) is 11.6 Å². The zero-order valence-electron chi connectivity index (χ0n) is 12.8. The topological polar surface area (TPSA) is 9.23 Å². The predicted molar refractivity (Wildman–Crippen MR) is 95.9 cm³/mol. The van der Waals surface area contributed by atoms with Gasteiger partial charge >= 0.3 is 0 Å². The second kappa shape index (κ2) is 10.7. The molecule has 0 aliphatic carbocycles. The molecule has 0 atom stereocenters. The van der Waals surface area contributed by atoms with Gasteiger partial charge in [-0.2, -0.15) is 23.5 Å². The Kier molecular flexibility index (Phi) is 8.50. The minimum absolute atomic E-state index is 0.194. The highest BCUT2D eigenvalue weighted by Crippen LogP contribution is 2.14. The largest absolute Gasteiger partial charge is 0.380 e. The Balaban J connectivity index is 1.43. The Bertz CT molecular complexity index is 507. The van der Waals surface area contributed by atoms with Gasteiger partial charge in [0.15, 0.2) is 0 Å². The van der Waals surface area contributed by atoms with E-state index >= 15 is 0 Å². The smallest absolute Gasteiger partial charge is 0.123 e. The van der Waals surface area contributed by atoms with Gasteiger partial charge in [0.1, 0.15) is 11.6 Å². The van der Waals surface area contributed by atoms with Crippen molar-refractivity contribution in [3.8, 4) is 0 Å². The van der Waals surface area contributed by atoms with Crippen molar-refractivity contribution in [2.24, 2.45) is 0 Å². The van der Waals surface area contributed by atoms with E-state index in [1.54, 1.807) is 23.5 Å². The molecule has 23 heavy (non-hydrogen) atoms. The first-order valence-electron chi connectivity index (χ1n) is 7.46. The van der Waals surface area contributed by atoms with Crippen LogP contribution in [-0.4, -0.2) is 24.7 Å². The average molecular weight is 354 g/mol. The molecule has 0 fully saturated rings. The fourth-order valence-corrected chi connectivity index (χ4v) is 3.50. The summed E-state index contributed by atoms with van der Waals surface area (Å²) in [6.07, 6.45) is 0. The highest BCUT2D eigenvalue weighted by molar-refractivity contribution is 7.98. The number of thioether (sulfide) groups is 2. The zero-order chi connectivity index (χ0) is 16.3. The maximum absolute atomic E-state index is 12.8. The van der Waals surface area contributed by atoms with E-state index in [2.05, 4.69) is 0 Å². The van der Waals surface area contributed by atoms with E-state index in [0.29, 0.717) is 0 Å². The minimum Gasteiger partial charge on any atom is -0.380 e. The molecule has 0 spiro atoms. The normalized spacial score (nSPS) is 10.9. The number of benzene rings is 2. The van der Waals surface area contributed by atoms with Gasteiger partial charge in [-0.05, 0) is 35.4 Å². The first-order valence-corrected chi connectivity index (χ1v) is 9.77. The summed E-state index contributed by atoms with van der Waals surface area (Å²) in [5, 5.41) is 0. The van der Waals surface area contributed by atoms with E-state index in [1.807, 2.05) is 24.3 Å². The second-order valence-electron chi connectivity index (χ2n) is 4.97. The van der Waals surface area contributed by atoms with Crippen LogP contribution in [0.1, 0.15) is 11.1 Å². The van der Waals surface area contributed by atoms with Gasteiger partial charge in [0.25, 0.3) is 0 Å². The summed E-state index contributed by atoms with van der Waals surface area (Å²) in [6, 6.07) is 13.2. The lowest BCUT2D eigenvalue weighted by atomic mass is 10.2. The van der Waals surface area contributed by atoms with Crippen molar-refractivity contribution in [3.63, 3.8) is 0 Å². The lowest BCUT2D eigenvalue weighted by molar-refractivity contribution is 0.167. The van der Waals surface area contributed by atoms with Gasteiger partial charge in [0.2, 0.25) is 0 Å². The van der Waals surface area contributed by atoms with Gasteiger partial charge in [-0.15, -0.1) is 0 Å². The van der Waals surface area contributed by atoms with Crippen LogP contribution >= 0.6 is 23.5 Å². The Hall–Kier alpha value is -1.04. The molecular weight excluding hydrogens is 334 g/mol. The van der Waals surface area contributed by atoms with Crippen LogP contribution in [0.4, 0.5) is 8.78 Å². The third-order valence-electron chi connectivity index (χ3n) is 3.11. The molecule has 5 heteroatoms. The summed E-state index contributed by atoms with van der Waals surface area (Å²) in [7, 11) is 0. The molecule has 0 heterocycles. The maximum Gasteiger partial charge on any atom is 0.123 e. The molecule has 1 nitrogen and oxygen atoms in total. The number of ether oxygens (including phenoxy) is 1. The monoisotopic (exact) mass is 354 g/mol. The minimum atomic E-state index is -0.194. The molecule has 0 bridgehead atoms. The molecule has 2 aromatic carbocycles. The lowest BCUT2D eigenvalue weighted by Gasteiger charge is -2.05. The Labute approximate surface area is 144 Å². The van der Waals surface area contributed by atoms with E-state index in [0.717, 1.165) is 47.4 Å². The van der Waals surface area contributed by atoms with Gasteiger partial charge in [0.05, 0.1) is 13.2 Å². The van der Waals surface area contributed by atoms with Crippen LogP contribution in [-0.2, 0) is 16.2 Å². The van der Waals surface area contributed by atoms with Crippen molar-refractivity contribution in [1.82, 2.24) is 0 Å². The zero-order valence-corrected chi connectivity index (χ0v) is 14.5. The second-order valence-corrected chi connectivity index (χ2v) is 7.18. The molecule has 0 aromatic heterocycles. The molecule has 0 radical (unpaired) electrons. The third-order valence-corrected chi connectivity index (χ3v) is 5.09. The fourth-order valence-electron chi connectivity index (χ4n) is 1.88. The molecule has 0 unspecified atom stereocenters. The standard InChI is InChI=1S/C18H20F2OS2/c19-17-5-1-15(2-6-17)13-22-11-9-21-10-12-23-14-16-3-7-18(20)8-4-16/h1-8H,9-14H2. The van der Waals surface area contributed by atoms with Gasteiger partial charge in [-0.25, -0.2) is 8.78 Å². The lowest BCUT2D eigenvalue weighted by Crippen LogP contribution is -2.02. The van der Waals surface area contributed by atoms with E-state index in [9.17, 15) is 8.78 Å². The van der Waals surface area contributed by atoms with Crippen LogP contribution < -0.4 is 0 Å². The van der Waals surface area contributed by atoms with Crippen LogP contribution in [0.15, 0.2) is 48.5 Å². The van der Waals surface area contributed by atoms with Crippen LogP contribution in [0.3, 0.4) is 0 Å². The van der Waals surface area contributed by atoms with E-state index in [-0.39, 0.29) is 11.6 Å². The molecule has 0 amide bonds. The maximum atomic E-state index is 12.8. The molecular formula is C18H20F2OS2. The summed E-state index contributed by atoms with van der Waals surface area (Å²) in [4.78, 5) is 0. The van der Waals surface area contributed by atoms with Crippen molar-refractivity contribution < 1.29 is 13.5 Å². The van der Waals surface area contributed by atoms with E-state index in [1.165, 1.54) is 24.3 Å². The van der Waals surface area contributed by atoms with Crippen LogP contribution in [0.5, 0.6) is 0 Å². The molecule has 2 aromatic rings. The summed E-state index contributed by atoms with van der Waals surface area (Å²) in [5.74, 6) is 3.23. The SMILES string of the molecule is Fc1ccc(CSCCOCCSCc2ccc(F)cc2)cc1. The highest BCUT2D eigenvalue weighted by atomic mass is 32.2. The summed E-state index contributed by atoms with van der Waals surface area (Å²) in [5.41, 5.74) is 2.26. The fraction of sp³-hybridized carbons (Fsp3) is 0.333. The van der Waals surface area contributed by atoms with Crippen LogP contribution in [0.25, 0.3) is 0 Å². The Morgan fingerprint density at radius 1 is 0.652 bits per heavy atom. The molecule has 0 saturated heterocycles.